The minimum Gasteiger partial charge on any atom is -0.497 e. The molecule has 0 bridgehead atoms. The largest absolute Gasteiger partial charge is 0.497 e. The molecule has 194 valence electrons. The molecule has 37 heavy (non-hydrogen) atoms. The number of ether oxygens (including phenoxy) is 5. The van der Waals surface area contributed by atoms with E-state index in [1.165, 1.54) is 0 Å². The standard InChI is InChI=1S/C26H28N4O7/c1-33-20-13-25-6-4-9-30(25)10-5-16-11-18-19(35-15-34-18)12-17(16)22(25)23(20)36-24(32)26(14-21(31)37-26)7-2-3-8-28-29-27/h2-3,11-13,22-23H,4-10,14-15H2,1H3/b3-2+/t22-,23-,25+,26-/m1/s1. The number of hydrogen-bond acceptors (Lipinski definition) is 9. The van der Waals surface area contributed by atoms with E-state index in [1.54, 1.807) is 19.3 Å². The van der Waals surface area contributed by atoms with Crippen molar-refractivity contribution in [3.63, 3.8) is 0 Å². The first-order chi connectivity index (χ1) is 18.0. The highest BCUT2D eigenvalue weighted by molar-refractivity contribution is 5.94. The third kappa shape index (κ3) is 3.72. The van der Waals surface area contributed by atoms with Crippen molar-refractivity contribution in [3.8, 4) is 11.5 Å². The third-order valence-corrected chi connectivity index (χ3v) is 8.17. The van der Waals surface area contributed by atoms with Crippen LogP contribution in [0.15, 0.2) is 41.2 Å². The van der Waals surface area contributed by atoms with Crippen molar-refractivity contribution in [2.45, 2.75) is 55.3 Å². The molecule has 0 unspecified atom stereocenters. The predicted molar refractivity (Wildman–Crippen MR) is 129 cm³/mol. The molecule has 0 N–H and O–H groups in total. The van der Waals surface area contributed by atoms with Crippen LogP contribution in [0.3, 0.4) is 0 Å². The van der Waals surface area contributed by atoms with Gasteiger partial charge >= 0.3 is 11.9 Å². The Balaban J connectivity index is 1.35. The maximum Gasteiger partial charge on any atom is 0.352 e. The van der Waals surface area contributed by atoms with Crippen LogP contribution in [0.25, 0.3) is 10.4 Å². The molecule has 1 aromatic carbocycles. The highest BCUT2D eigenvalue weighted by atomic mass is 16.7. The van der Waals surface area contributed by atoms with E-state index in [1.807, 2.05) is 12.1 Å². The smallest absolute Gasteiger partial charge is 0.352 e. The van der Waals surface area contributed by atoms with Crippen LogP contribution in [-0.4, -0.2) is 67.6 Å². The van der Waals surface area contributed by atoms with Gasteiger partial charge in [0.15, 0.2) is 17.6 Å². The normalized spacial score (nSPS) is 31.3. The second-order valence-electron chi connectivity index (χ2n) is 10.0. The number of fused-ring (bicyclic) bond motifs is 3. The molecule has 0 saturated carbocycles. The van der Waals surface area contributed by atoms with Crippen LogP contribution in [0.4, 0.5) is 0 Å². The van der Waals surface area contributed by atoms with Gasteiger partial charge in [-0.3, -0.25) is 9.69 Å². The Kier molecular flexibility index (Phi) is 5.77. The molecule has 2 fully saturated rings. The van der Waals surface area contributed by atoms with Gasteiger partial charge in [-0.25, -0.2) is 4.79 Å². The van der Waals surface area contributed by atoms with Crippen molar-refractivity contribution >= 4 is 11.9 Å². The zero-order valence-electron chi connectivity index (χ0n) is 20.6. The zero-order chi connectivity index (χ0) is 25.6. The van der Waals surface area contributed by atoms with Crippen LogP contribution in [-0.2, 0) is 30.2 Å². The number of hydrogen-bond donors (Lipinski definition) is 0. The number of methoxy groups -OCH3 is 1. The van der Waals surface area contributed by atoms with E-state index in [2.05, 4.69) is 21.0 Å². The summed E-state index contributed by atoms with van der Waals surface area (Å²) in [5.74, 6) is 0.728. The van der Waals surface area contributed by atoms with Gasteiger partial charge in [-0.1, -0.05) is 17.3 Å². The van der Waals surface area contributed by atoms with Gasteiger partial charge in [-0.15, -0.1) is 0 Å². The average Bonchev–Trinajstić information content (AvgIpc) is 3.56. The first-order valence-electron chi connectivity index (χ1n) is 12.5. The molecule has 11 nitrogen and oxygen atoms in total. The van der Waals surface area contributed by atoms with Crippen molar-refractivity contribution < 1.29 is 33.3 Å². The van der Waals surface area contributed by atoms with Gasteiger partial charge < -0.3 is 23.7 Å². The van der Waals surface area contributed by atoms with Gasteiger partial charge in [-0.2, -0.15) is 0 Å². The number of esters is 2. The lowest BCUT2D eigenvalue weighted by Crippen LogP contribution is -2.56. The maximum absolute atomic E-state index is 13.6. The summed E-state index contributed by atoms with van der Waals surface area (Å²) in [7, 11) is 1.59. The van der Waals surface area contributed by atoms with E-state index >= 15 is 0 Å². The monoisotopic (exact) mass is 508 g/mol. The number of nitrogens with zero attached hydrogens (tertiary/aromatic N) is 4. The number of rotatable bonds is 7. The van der Waals surface area contributed by atoms with Crippen LogP contribution in [0.1, 0.15) is 42.7 Å². The van der Waals surface area contributed by atoms with Crippen LogP contribution in [0.5, 0.6) is 11.5 Å². The Bertz CT molecular complexity index is 1250. The molecule has 0 amide bonds. The molecule has 1 spiro atoms. The van der Waals surface area contributed by atoms with Gasteiger partial charge in [0.2, 0.25) is 12.4 Å². The summed E-state index contributed by atoms with van der Waals surface area (Å²) < 4.78 is 28.8. The summed E-state index contributed by atoms with van der Waals surface area (Å²) in [6.07, 6.45) is 7.58. The van der Waals surface area contributed by atoms with Gasteiger partial charge in [0.05, 0.1) is 25.0 Å². The fraction of sp³-hybridized carbons (Fsp3) is 0.538. The quantitative estimate of drug-likeness (QED) is 0.180. The first kappa shape index (κ1) is 23.7. The topological polar surface area (TPSA) is 132 Å². The van der Waals surface area contributed by atoms with Gasteiger partial charge in [-0.05, 0) is 60.7 Å². The number of carbonyl (C=O) groups is 2. The van der Waals surface area contributed by atoms with Crippen LogP contribution < -0.4 is 9.47 Å². The highest BCUT2D eigenvalue weighted by Gasteiger charge is 2.60. The fourth-order valence-electron chi connectivity index (χ4n) is 6.50. The van der Waals surface area contributed by atoms with Gasteiger partial charge in [0.25, 0.3) is 0 Å². The number of cyclic esters (lactones) is 1. The fourth-order valence-corrected chi connectivity index (χ4v) is 6.50. The molecule has 1 aromatic rings. The van der Waals surface area contributed by atoms with Crippen LogP contribution in [0, 0.1) is 0 Å². The highest BCUT2D eigenvalue weighted by Crippen LogP contribution is 2.56. The SMILES string of the molecule is COC1=C[C@]23CCCN2CCc2cc4c(cc2[C@@H]3[C@@H]1OC(=O)[C@@]1(C/C=C/CN=[N+]=[N-])CC(=O)O1)OCO4. The van der Waals surface area contributed by atoms with Crippen molar-refractivity contribution in [3.05, 3.63) is 57.7 Å². The molecule has 0 aromatic heterocycles. The Morgan fingerprint density at radius 2 is 2.11 bits per heavy atom. The summed E-state index contributed by atoms with van der Waals surface area (Å²) in [5, 5.41) is 3.45. The van der Waals surface area contributed by atoms with E-state index in [4.69, 9.17) is 29.2 Å². The molecule has 2 saturated heterocycles. The summed E-state index contributed by atoms with van der Waals surface area (Å²) in [5.41, 5.74) is 8.90. The lowest BCUT2D eigenvalue weighted by molar-refractivity contribution is -0.210. The van der Waals surface area contributed by atoms with Crippen molar-refractivity contribution in [2.75, 3.05) is 33.5 Å². The maximum atomic E-state index is 13.6. The molecular weight excluding hydrogens is 480 g/mol. The number of carbonyl (C=O) groups excluding carboxylic acids is 2. The van der Waals surface area contributed by atoms with Gasteiger partial charge in [0.1, 0.15) is 5.76 Å². The average molecular weight is 509 g/mol. The number of azide groups is 1. The molecule has 4 heterocycles. The summed E-state index contributed by atoms with van der Waals surface area (Å²) in [6.45, 7) is 2.14. The molecule has 1 aliphatic carbocycles. The van der Waals surface area contributed by atoms with Gasteiger partial charge in [0, 0.05) is 24.4 Å². The lowest BCUT2D eigenvalue weighted by atomic mass is 9.77. The Morgan fingerprint density at radius 3 is 2.86 bits per heavy atom. The number of benzene rings is 1. The Hall–Kier alpha value is -3.69. The van der Waals surface area contributed by atoms with Crippen molar-refractivity contribution in [1.82, 2.24) is 4.90 Å². The molecule has 11 heteroatoms. The second kappa shape index (κ2) is 9.00. The van der Waals surface area contributed by atoms with Crippen molar-refractivity contribution in [2.24, 2.45) is 5.11 Å². The Morgan fingerprint density at radius 1 is 1.30 bits per heavy atom. The third-order valence-electron chi connectivity index (χ3n) is 8.17. The lowest BCUT2D eigenvalue weighted by Gasteiger charge is -2.41. The van der Waals surface area contributed by atoms with E-state index in [-0.39, 0.29) is 37.6 Å². The van der Waals surface area contributed by atoms with Crippen LogP contribution in [0.2, 0.25) is 0 Å². The Labute approximate surface area is 213 Å². The molecule has 5 aliphatic rings. The van der Waals surface area contributed by atoms with Crippen LogP contribution >= 0.6 is 0 Å². The zero-order valence-corrected chi connectivity index (χ0v) is 20.6. The summed E-state index contributed by atoms with van der Waals surface area (Å²) in [4.78, 5) is 30.6. The minimum absolute atomic E-state index is 0.0757. The van der Waals surface area contributed by atoms with E-state index in [0.29, 0.717) is 11.5 Å². The first-order valence-corrected chi connectivity index (χ1v) is 12.5. The molecule has 4 aliphatic heterocycles. The summed E-state index contributed by atoms with van der Waals surface area (Å²) >= 11 is 0. The second-order valence-corrected chi connectivity index (χ2v) is 10.0. The van der Waals surface area contributed by atoms with E-state index < -0.39 is 23.6 Å². The minimum atomic E-state index is -1.41. The molecule has 0 radical (unpaired) electrons. The summed E-state index contributed by atoms with van der Waals surface area (Å²) in [6, 6.07) is 4.07. The molecular formula is C26H28N4O7. The van der Waals surface area contributed by atoms with E-state index in [0.717, 1.165) is 49.2 Å². The predicted octanol–water partition coefficient (Wildman–Crippen LogP) is 3.29. The molecule has 6 rings (SSSR count). The molecule has 4 atom stereocenters. The van der Waals surface area contributed by atoms with E-state index in [9.17, 15) is 9.59 Å². The van der Waals surface area contributed by atoms with Crippen molar-refractivity contribution in [1.29, 1.82) is 0 Å².